The Morgan fingerprint density at radius 3 is 2.07 bits per heavy atom. The predicted octanol–water partition coefficient (Wildman–Crippen LogP) is 7.81. The molecule has 2 heteroatoms. The van der Waals surface area contributed by atoms with Crippen molar-refractivity contribution in [3.63, 3.8) is 0 Å². The van der Waals surface area contributed by atoms with Crippen LogP contribution in [-0.4, -0.2) is 0 Å². The maximum Gasteiger partial charge on any atom is 0.0735 e. The highest BCUT2D eigenvalue weighted by Gasteiger charge is 2.50. The fraction of sp³-hybridized carbons (Fsp3) is 0.0370. The minimum absolute atomic E-state index is 0.353. The quantitative estimate of drug-likeness (QED) is 0.267. The van der Waals surface area contributed by atoms with Crippen molar-refractivity contribution in [1.82, 2.24) is 0 Å². The van der Waals surface area contributed by atoms with E-state index < -0.39 is 0 Å². The second kappa shape index (κ2) is 6.13. The van der Waals surface area contributed by atoms with Gasteiger partial charge in [0.25, 0.3) is 0 Å². The number of halogens is 1. The van der Waals surface area contributed by atoms with Gasteiger partial charge in [-0.3, -0.25) is 0 Å². The van der Waals surface area contributed by atoms with Gasteiger partial charge >= 0.3 is 0 Å². The zero-order chi connectivity index (χ0) is 19.6. The van der Waals surface area contributed by atoms with Gasteiger partial charge in [-0.15, -0.1) is 0 Å². The minimum Gasteiger partial charge on any atom is -0.0985 e. The van der Waals surface area contributed by atoms with Crippen LogP contribution in [0.15, 0.2) is 101 Å². The molecule has 1 heterocycles. The summed E-state index contributed by atoms with van der Waals surface area (Å²) in [7, 11) is 0. The molecule has 0 N–H and O–H groups in total. The van der Waals surface area contributed by atoms with Crippen molar-refractivity contribution in [2.45, 2.75) is 15.2 Å². The first-order valence-corrected chi connectivity index (χ1v) is 10.9. The van der Waals surface area contributed by atoms with Crippen LogP contribution in [0.5, 0.6) is 0 Å². The van der Waals surface area contributed by atoms with E-state index in [9.17, 15) is 0 Å². The Kier molecular flexibility index (Phi) is 3.62. The normalized spacial score (nSPS) is 14.7. The maximum absolute atomic E-state index is 6.54. The van der Waals surface area contributed by atoms with E-state index >= 15 is 0 Å². The highest BCUT2D eigenvalue weighted by Crippen LogP contribution is 2.62. The summed E-state index contributed by atoms with van der Waals surface area (Å²) in [6, 6.07) is 30.6. The molecule has 4 aromatic rings. The van der Waals surface area contributed by atoms with Gasteiger partial charge in [-0.2, -0.15) is 0 Å². The van der Waals surface area contributed by atoms with E-state index in [4.69, 9.17) is 11.6 Å². The molecule has 2 aliphatic rings. The van der Waals surface area contributed by atoms with Crippen molar-refractivity contribution >= 4 is 29.4 Å². The third-order valence-corrected chi connectivity index (χ3v) is 7.53. The molecule has 1 spiro atoms. The van der Waals surface area contributed by atoms with E-state index in [1.54, 1.807) is 0 Å². The standard InChI is InChI=1S/C27H17ClS/c1-2-17-11-13-23-26(15-17)29-25-14-12-18(28)16-24(25)27(23)21-9-5-3-7-19(21)20-8-4-6-10-22(20)27/h2-16H,1H2. The maximum atomic E-state index is 6.54. The predicted molar refractivity (Wildman–Crippen MR) is 123 cm³/mol. The van der Waals surface area contributed by atoms with Crippen LogP contribution < -0.4 is 0 Å². The Balaban J connectivity index is 1.83. The molecule has 0 bridgehead atoms. The summed E-state index contributed by atoms with van der Waals surface area (Å²) in [6.07, 6.45) is 1.92. The van der Waals surface area contributed by atoms with E-state index in [0.29, 0.717) is 0 Å². The van der Waals surface area contributed by atoms with Crippen LogP contribution in [0.4, 0.5) is 0 Å². The van der Waals surface area contributed by atoms with Gasteiger partial charge < -0.3 is 0 Å². The average molecular weight is 409 g/mol. The lowest BCUT2D eigenvalue weighted by Gasteiger charge is -2.39. The van der Waals surface area contributed by atoms with Crippen LogP contribution in [0.2, 0.25) is 5.02 Å². The molecule has 1 aliphatic heterocycles. The second-order valence-corrected chi connectivity index (χ2v) is 9.06. The van der Waals surface area contributed by atoms with Crippen LogP contribution in [0.1, 0.15) is 27.8 Å². The molecule has 4 aromatic carbocycles. The first-order chi connectivity index (χ1) is 14.2. The molecule has 0 radical (unpaired) electrons. The summed E-state index contributed by atoms with van der Waals surface area (Å²) in [5.41, 5.74) is 8.65. The zero-order valence-corrected chi connectivity index (χ0v) is 17.2. The number of hydrogen-bond acceptors (Lipinski definition) is 1. The summed E-state index contributed by atoms with van der Waals surface area (Å²) < 4.78 is 0. The molecule has 1 aliphatic carbocycles. The minimum atomic E-state index is -0.353. The molecule has 0 nitrogen and oxygen atoms in total. The molecule has 0 saturated carbocycles. The second-order valence-electron chi connectivity index (χ2n) is 7.54. The van der Waals surface area contributed by atoms with Crippen molar-refractivity contribution in [1.29, 1.82) is 0 Å². The summed E-state index contributed by atoms with van der Waals surface area (Å²) in [5, 5.41) is 0.775. The van der Waals surface area contributed by atoms with Crippen LogP contribution >= 0.6 is 23.4 Å². The number of benzene rings is 4. The Labute approximate surface area is 179 Å². The van der Waals surface area contributed by atoms with Gasteiger partial charge in [-0.25, -0.2) is 0 Å². The number of fused-ring (bicyclic) bond motifs is 9. The highest BCUT2D eigenvalue weighted by molar-refractivity contribution is 7.99. The van der Waals surface area contributed by atoms with Gasteiger partial charge in [0.15, 0.2) is 0 Å². The Morgan fingerprint density at radius 1 is 0.690 bits per heavy atom. The molecule has 6 rings (SSSR count). The molecule has 138 valence electrons. The van der Waals surface area contributed by atoms with Crippen molar-refractivity contribution < 1.29 is 0 Å². The molecule has 0 amide bonds. The smallest absolute Gasteiger partial charge is 0.0735 e. The number of rotatable bonds is 1. The van der Waals surface area contributed by atoms with E-state index in [0.717, 1.165) is 10.6 Å². The first-order valence-electron chi connectivity index (χ1n) is 9.67. The molecular formula is C27H17ClS. The lowest BCUT2D eigenvalue weighted by molar-refractivity contribution is 0.722. The third-order valence-electron chi connectivity index (χ3n) is 6.16. The van der Waals surface area contributed by atoms with Crippen molar-refractivity contribution in [3.05, 3.63) is 124 Å². The fourth-order valence-electron chi connectivity index (χ4n) is 5.02. The highest BCUT2D eigenvalue weighted by atomic mass is 35.5. The van der Waals surface area contributed by atoms with Gasteiger partial charge in [0.05, 0.1) is 5.41 Å². The lowest BCUT2D eigenvalue weighted by Crippen LogP contribution is -2.32. The molecule has 0 aromatic heterocycles. The molecule has 0 atom stereocenters. The summed E-state index contributed by atoms with van der Waals surface area (Å²) in [4.78, 5) is 2.54. The molecule has 29 heavy (non-hydrogen) atoms. The van der Waals surface area contributed by atoms with E-state index in [-0.39, 0.29) is 5.41 Å². The summed E-state index contributed by atoms with van der Waals surface area (Å²) in [5.74, 6) is 0. The van der Waals surface area contributed by atoms with Gasteiger partial charge in [0.2, 0.25) is 0 Å². The molecule has 0 unspecified atom stereocenters. The Bertz CT molecular complexity index is 1270. The van der Waals surface area contributed by atoms with Crippen LogP contribution in [-0.2, 0) is 5.41 Å². The topological polar surface area (TPSA) is 0 Å². The van der Waals surface area contributed by atoms with E-state index in [2.05, 4.69) is 85.4 Å². The Morgan fingerprint density at radius 2 is 1.38 bits per heavy atom. The number of hydrogen-bond donors (Lipinski definition) is 0. The molecule has 0 fully saturated rings. The summed E-state index contributed by atoms with van der Waals surface area (Å²) in [6.45, 7) is 3.97. The van der Waals surface area contributed by atoms with Crippen LogP contribution in [0.3, 0.4) is 0 Å². The van der Waals surface area contributed by atoms with Gasteiger partial charge in [0, 0.05) is 14.8 Å². The van der Waals surface area contributed by atoms with Crippen LogP contribution in [0.25, 0.3) is 17.2 Å². The first kappa shape index (κ1) is 17.1. The monoisotopic (exact) mass is 408 g/mol. The van der Waals surface area contributed by atoms with Crippen molar-refractivity contribution in [2.75, 3.05) is 0 Å². The summed E-state index contributed by atoms with van der Waals surface area (Å²) >= 11 is 8.37. The molecular weight excluding hydrogens is 392 g/mol. The zero-order valence-electron chi connectivity index (χ0n) is 15.7. The van der Waals surface area contributed by atoms with E-state index in [1.807, 2.05) is 23.9 Å². The SMILES string of the molecule is C=Cc1ccc2c(c1)Sc1ccc(Cl)cc1C21c2ccccc2-c2ccccc21. The Hall–Kier alpha value is -2.74. The third kappa shape index (κ3) is 2.18. The average Bonchev–Trinajstić information content (AvgIpc) is 3.06. The van der Waals surface area contributed by atoms with Crippen molar-refractivity contribution in [3.8, 4) is 11.1 Å². The lowest BCUT2D eigenvalue weighted by atomic mass is 9.67. The van der Waals surface area contributed by atoms with Gasteiger partial charge in [-0.1, -0.05) is 96.7 Å². The van der Waals surface area contributed by atoms with Gasteiger partial charge in [0.1, 0.15) is 0 Å². The van der Waals surface area contributed by atoms with Gasteiger partial charge in [-0.05, 0) is 63.2 Å². The molecule has 0 saturated heterocycles. The largest absolute Gasteiger partial charge is 0.0985 e. The fourth-order valence-corrected chi connectivity index (χ4v) is 6.42. The van der Waals surface area contributed by atoms with Crippen molar-refractivity contribution in [2.24, 2.45) is 0 Å². The van der Waals surface area contributed by atoms with E-state index in [1.165, 1.54) is 43.2 Å². The van der Waals surface area contributed by atoms with Crippen LogP contribution in [0, 0.1) is 0 Å².